The van der Waals surface area contributed by atoms with Crippen molar-refractivity contribution in [2.75, 3.05) is 126 Å². The van der Waals surface area contributed by atoms with Crippen LogP contribution >= 0.6 is 58.0 Å². The maximum absolute atomic E-state index is 12.6. The second-order valence-corrected chi connectivity index (χ2v) is 42.3. The average molecular weight is 2160 g/mol. The monoisotopic (exact) mass is 2160 g/mol. The number of nitrogens with zero attached hydrogens (tertiary/aromatic N) is 6. The van der Waals surface area contributed by atoms with Gasteiger partial charge in [0, 0.05) is 160 Å². The fourth-order valence-electron chi connectivity index (χ4n) is 18.4. The first-order valence-corrected chi connectivity index (χ1v) is 52.7. The Morgan fingerprint density at radius 1 is 0.327 bits per heavy atom. The lowest BCUT2D eigenvalue weighted by Gasteiger charge is -2.24. The van der Waals surface area contributed by atoms with Crippen LogP contribution in [0.15, 0.2) is 146 Å². The second kappa shape index (κ2) is 51.7. The molecule has 804 valence electrons. The highest BCUT2D eigenvalue weighted by Gasteiger charge is 2.36. The molecule has 5 aromatic carbocycles. The summed E-state index contributed by atoms with van der Waals surface area (Å²) >= 11 is 32.5. The van der Waals surface area contributed by atoms with Gasteiger partial charge in [0.2, 0.25) is 0 Å². The van der Waals surface area contributed by atoms with Gasteiger partial charge < -0.3 is 94.1 Å². The standard InChI is InChI=1S/C24H27ClN2O6.C24H28ClNO5.C23H28ClNO5.C22H26ClNO4.C21H24ClNO5/c1-14(2)20-13-33-22-11-23(31-7-4-5-26-6-8-32-24(26)30)18(25)9-16(22)19-10-21(29)17(15(3)28)12-27(19)20;1-14(2)21-13-31-23-10-24(30-12-16-4-6-29-7-5-16)19(25)8-17(23)20-9-22(28)18(15(3)27)11-26(20)21;1-14(2)20-13-30-22-11-23(29-8-6-5-7-28-4)18(24)9-16(22)19-10-21(27)17(15(3)26)12-25(19)20;1-12(2)10-27-22-8-21-15(6-17(22)23)18-7-20(26)16(14(5)25)9-24(18)19(11-28-21)13(3)4;1-12(2)18-11-28-20-9-21(27-6-5-26-4)16(22)7-14(20)17-8-19(25)15(13(3)24)10-23(17)18/h9-12,14,20H,4-8,13H2,1-3H3;8-11,14,16,21H,4-7,12-13H2,1-3H3;9-12,14,20H,5-8,13H2,1-4H3;6-9,12-13,19H,10-11H2,1-5H3;7-10,12,18H,5-6,11H2,1-4H3/t20-;21-;20-;19-;18-/m00000/s1. The molecule has 0 bridgehead atoms. The number of methoxy groups -OCH3 is 2. The number of fused-ring (bicyclic) bond motifs is 15. The lowest BCUT2D eigenvalue weighted by Crippen LogP contribution is -2.26. The molecule has 7 aliphatic heterocycles. The largest absolute Gasteiger partial charge is 0.492 e. The summed E-state index contributed by atoms with van der Waals surface area (Å²) in [6.07, 6.45) is 12.3. The van der Waals surface area contributed by atoms with Crippen molar-refractivity contribution in [3.05, 3.63) is 226 Å². The van der Waals surface area contributed by atoms with Gasteiger partial charge in [-0.15, -0.1) is 0 Å². The fourth-order valence-corrected chi connectivity index (χ4v) is 19.5. The van der Waals surface area contributed by atoms with Crippen molar-refractivity contribution in [2.24, 2.45) is 41.4 Å². The molecular weight excluding hydrogens is 2030 g/mol. The van der Waals surface area contributed by atoms with Gasteiger partial charge in [-0.3, -0.25) is 47.9 Å². The van der Waals surface area contributed by atoms with Gasteiger partial charge in [0.15, 0.2) is 56.1 Å². The number of benzene rings is 5. The van der Waals surface area contributed by atoms with Crippen LogP contribution in [0.3, 0.4) is 0 Å². The Labute approximate surface area is 897 Å². The van der Waals surface area contributed by atoms with Crippen LogP contribution in [0.4, 0.5) is 4.79 Å². The van der Waals surface area contributed by atoms with Crippen molar-refractivity contribution < 1.29 is 95.1 Å². The molecule has 17 rings (SSSR count). The van der Waals surface area contributed by atoms with Crippen LogP contribution in [-0.2, 0) is 18.9 Å². The SMILES string of the molecule is CC(=O)c1cn2c(cc1=O)-c1cc(Cl)c(OCC(C)C)cc1OC[C@H]2C(C)C.CC(=O)c1cn2c(cc1=O)-c1cc(Cl)c(OCC3CCOCC3)cc1OC[C@H]2C(C)C.CC(=O)c1cn2c(cc1=O)-c1cc(Cl)c(OCCCN3CCOC3=O)cc1OC[C@H]2C(C)C.COCCCCOc1cc2c(cc1Cl)-c1cc(=O)c(C(C)=O)cn1[C@H](C(C)C)CO2.COCCOc1cc2c(cc1Cl)-c1cc(=O)c(C(C)=O)cn1[C@H](C(C)C)CO2. The van der Waals surface area contributed by atoms with Gasteiger partial charge in [-0.1, -0.05) is 141 Å². The molecule has 0 unspecified atom stereocenters. The number of hydrogen-bond acceptors (Lipinski definition) is 25. The van der Waals surface area contributed by atoms with Gasteiger partial charge >= 0.3 is 6.09 Å². The van der Waals surface area contributed by atoms with Crippen molar-refractivity contribution >= 4 is 93.0 Å². The molecule has 5 atom stereocenters. The summed E-state index contributed by atoms with van der Waals surface area (Å²) in [6, 6.07) is 24.9. The number of unbranched alkanes of at least 4 members (excludes halogenated alkanes) is 1. The quantitative estimate of drug-likeness (QED) is 0.0288. The highest BCUT2D eigenvalue weighted by Crippen LogP contribution is 2.50. The number of aromatic nitrogens is 5. The summed E-state index contributed by atoms with van der Waals surface area (Å²) in [6.45, 7) is 40.6. The Morgan fingerprint density at radius 3 is 0.853 bits per heavy atom. The molecule has 1 amide bonds. The van der Waals surface area contributed by atoms with E-state index in [4.69, 9.17) is 124 Å². The Balaban J connectivity index is 0.000000156. The predicted molar refractivity (Wildman–Crippen MR) is 579 cm³/mol. The zero-order chi connectivity index (χ0) is 109. The molecule has 5 aromatic heterocycles. The van der Waals surface area contributed by atoms with E-state index in [9.17, 15) is 52.7 Å². The number of amides is 1. The first kappa shape index (κ1) is 115. The van der Waals surface area contributed by atoms with E-state index in [1.54, 1.807) is 105 Å². The molecule has 0 radical (unpaired) electrons. The number of hydrogen-bond donors (Lipinski definition) is 0. The summed E-state index contributed by atoms with van der Waals surface area (Å²) < 4.78 is 90.0. The van der Waals surface area contributed by atoms with Crippen molar-refractivity contribution in [1.29, 1.82) is 0 Å². The molecular formula is C114H133Cl5N6O25. The smallest absolute Gasteiger partial charge is 0.409 e. The van der Waals surface area contributed by atoms with Crippen LogP contribution < -0.4 is 74.5 Å². The Kier molecular flexibility index (Phi) is 39.6. The summed E-state index contributed by atoms with van der Waals surface area (Å²) in [5.41, 5.74) is 6.22. The van der Waals surface area contributed by atoms with E-state index >= 15 is 0 Å². The molecule has 2 fully saturated rings. The maximum atomic E-state index is 12.6. The minimum absolute atomic E-state index is 0.0279. The highest BCUT2D eigenvalue weighted by atomic mass is 35.5. The number of halogens is 5. The van der Waals surface area contributed by atoms with Crippen molar-refractivity contribution in [1.82, 2.24) is 27.7 Å². The molecule has 12 heterocycles. The number of ether oxygens (including phenoxy) is 14. The van der Waals surface area contributed by atoms with E-state index in [1.807, 2.05) is 28.9 Å². The number of carbonyl (C=O) groups is 6. The minimum Gasteiger partial charge on any atom is -0.492 e. The lowest BCUT2D eigenvalue weighted by molar-refractivity contribution is 0.0497. The van der Waals surface area contributed by atoms with E-state index in [0.717, 1.165) is 50.0 Å². The van der Waals surface area contributed by atoms with E-state index in [0.29, 0.717) is 245 Å². The Hall–Kier alpha value is -12.2. The summed E-state index contributed by atoms with van der Waals surface area (Å²) in [7, 11) is 3.27. The van der Waals surface area contributed by atoms with Crippen molar-refractivity contribution in [3.63, 3.8) is 0 Å². The van der Waals surface area contributed by atoms with Crippen molar-refractivity contribution in [2.45, 2.75) is 180 Å². The number of pyridine rings is 5. The third-order valence-electron chi connectivity index (χ3n) is 27.1. The van der Waals surface area contributed by atoms with E-state index in [-0.39, 0.29) is 150 Å². The first-order chi connectivity index (χ1) is 71.4. The molecule has 31 nitrogen and oxygen atoms in total. The van der Waals surface area contributed by atoms with Gasteiger partial charge in [0.05, 0.1) is 151 Å². The zero-order valence-electron chi connectivity index (χ0n) is 88.3. The molecule has 7 aliphatic rings. The Bertz CT molecular complexity index is 6970. The number of Topliss-reactive ketones (excluding diaryl/α,β-unsaturated/α-hetero) is 5. The predicted octanol–water partition coefficient (Wildman–Crippen LogP) is 22.7. The van der Waals surface area contributed by atoms with Crippen LogP contribution in [-0.4, -0.2) is 189 Å². The normalized spacial score (nSPS) is 16.5. The topological polar surface area (TPSA) is 345 Å². The molecule has 10 aromatic rings. The van der Waals surface area contributed by atoms with Gasteiger partial charge in [0.25, 0.3) is 0 Å². The van der Waals surface area contributed by atoms with Crippen LogP contribution in [0, 0.1) is 41.4 Å². The maximum Gasteiger partial charge on any atom is 0.409 e. The van der Waals surface area contributed by atoms with Crippen LogP contribution in [0.2, 0.25) is 25.1 Å². The van der Waals surface area contributed by atoms with Gasteiger partial charge in [-0.25, -0.2) is 4.79 Å². The zero-order valence-corrected chi connectivity index (χ0v) is 92.1. The number of ketones is 5. The molecule has 0 aliphatic carbocycles. The molecule has 36 heteroatoms. The van der Waals surface area contributed by atoms with E-state index in [2.05, 4.69) is 83.1 Å². The molecule has 2 saturated heterocycles. The molecule has 0 N–H and O–H groups in total. The van der Waals surface area contributed by atoms with Gasteiger partial charge in [-0.05, 0) is 138 Å². The number of carbonyl (C=O) groups excluding carboxylic acids is 6. The highest BCUT2D eigenvalue weighted by molar-refractivity contribution is 6.34. The Morgan fingerprint density at radius 2 is 0.593 bits per heavy atom. The van der Waals surface area contributed by atoms with E-state index in [1.165, 1.54) is 65.0 Å². The lowest BCUT2D eigenvalue weighted by atomic mass is 10.0. The molecule has 0 saturated carbocycles. The van der Waals surface area contributed by atoms with Crippen LogP contribution in [0.1, 0.15) is 232 Å². The minimum atomic E-state index is -0.332. The number of cyclic esters (lactones) is 1. The van der Waals surface area contributed by atoms with Crippen molar-refractivity contribution in [3.8, 4) is 114 Å². The second-order valence-electron chi connectivity index (χ2n) is 40.3. The third-order valence-corrected chi connectivity index (χ3v) is 28.6. The van der Waals surface area contributed by atoms with Gasteiger partial charge in [-0.2, -0.15) is 0 Å². The van der Waals surface area contributed by atoms with Crippen LogP contribution in [0.25, 0.3) is 56.3 Å². The first-order valence-electron chi connectivity index (χ1n) is 50.8. The molecule has 150 heavy (non-hydrogen) atoms. The summed E-state index contributed by atoms with van der Waals surface area (Å²) in [5.74, 6) is 6.30. The summed E-state index contributed by atoms with van der Waals surface area (Å²) in [4.78, 5) is 136. The van der Waals surface area contributed by atoms with Crippen LogP contribution in [0.5, 0.6) is 57.5 Å². The van der Waals surface area contributed by atoms with E-state index < -0.39 is 0 Å². The third kappa shape index (κ3) is 27.5. The fraction of sp³-hybridized carbons (Fsp3) is 0.465. The average Bonchev–Trinajstić information content (AvgIpc) is 1.58. The van der Waals surface area contributed by atoms with Gasteiger partial charge in [0.1, 0.15) is 104 Å². The summed E-state index contributed by atoms with van der Waals surface area (Å²) in [5, 5.41) is 2.17. The number of rotatable bonds is 31. The molecule has 0 spiro atoms.